The third-order valence-corrected chi connectivity index (χ3v) is 2.68. The number of nitrogens with zero attached hydrogens (tertiary/aromatic N) is 1. The van der Waals surface area contributed by atoms with E-state index in [1.807, 2.05) is 13.8 Å². The maximum atomic E-state index is 11.9. The topological polar surface area (TPSA) is 61.4 Å². The normalized spacial score (nSPS) is 21.1. The number of amides is 3. The van der Waals surface area contributed by atoms with Crippen LogP contribution in [-0.4, -0.2) is 42.0 Å². The predicted octanol–water partition coefficient (Wildman–Crippen LogP) is 0.562. The first-order valence-electron chi connectivity index (χ1n) is 5.73. The summed E-state index contributed by atoms with van der Waals surface area (Å²) >= 11 is 0. The summed E-state index contributed by atoms with van der Waals surface area (Å²) < 4.78 is 0. The van der Waals surface area contributed by atoms with E-state index in [4.69, 9.17) is 0 Å². The second-order valence-corrected chi connectivity index (χ2v) is 4.88. The van der Waals surface area contributed by atoms with Crippen molar-refractivity contribution in [3.05, 3.63) is 0 Å². The molecule has 0 spiro atoms. The Morgan fingerprint density at radius 3 is 2.50 bits per heavy atom. The lowest BCUT2D eigenvalue weighted by molar-refractivity contribution is -0.130. The number of hydrogen-bond donors (Lipinski definition) is 2. The van der Waals surface area contributed by atoms with Crippen LogP contribution < -0.4 is 10.6 Å². The summed E-state index contributed by atoms with van der Waals surface area (Å²) in [6.45, 7) is 9.69. The standard InChI is InChI=1S/C11H21N3O2/c1-5-12-6-8(2)7-14-9(15)11(3,4)13-10(14)16/h8,12H,5-7H2,1-4H3,(H,13,16). The molecule has 1 aliphatic heterocycles. The van der Waals surface area contributed by atoms with E-state index in [0.29, 0.717) is 6.54 Å². The number of hydrogen-bond acceptors (Lipinski definition) is 3. The van der Waals surface area contributed by atoms with E-state index in [-0.39, 0.29) is 17.9 Å². The number of nitrogens with one attached hydrogen (secondary N) is 2. The van der Waals surface area contributed by atoms with E-state index in [2.05, 4.69) is 10.6 Å². The Morgan fingerprint density at radius 1 is 1.44 bits per heavy atom. The Bertz CT molecular complexity index is 289. The number of urea groups is 1. The summed E-state index contributed by atoms with van der Waals surface area (Å²) in [7, 11) is 0. The van der Waals surface area contributed by atoms with Crippen molar-refractivity contribution in [1.29, 1.82) is 0 Å². The molecule has 0 aliphatic carbocycles. The molecule has 5 heteroatoms. The van der Waals surface area contributed by atoms with Crippen molar-refractivity contribution < 1.29 is 9.59 Å². The Kier molecular flexibility index (Phi) is 3.91. The first kappa shape index (κ1) is 13.0. The lowest BCUT2D eigenvalue weighted by atomic mass is 10.1. The van der Waals surface area contributed by atoms with Crippen LogP contribution in [0.25, 0.3) is 0 Å². The molecule has 1 atom stereocenters. The molecule has 0 radical (unpaired) electrons. The molecule has 3 amide bonds. The molecule has 2 N–H and O–H groups in total. The quantitative estimate of drug-likeness (QED) is 0.675. The zero-order valence-electron chi connectivity index (χ0n) is 10.5. The van der Waals surface area contributed by atoms with Gasteiger partial charge in [-0.25, -0.2) is 4.79 Å². The van der Waals surface area contributed by atoms with Gasteiger partial charge in [-0.3, -0.25) is 9.69 Å². The first-order valence-corrected chi connectivity index (χ1v) is 5.73. The van der Waals surface area contributed by atoms with Gasteiger partial charge < -0.3 is 10.6 Å². The predicted molar refractivity (Wildman–Crippen MR) is 62.0 cm³/mol. The van der Waals surface area contributed by atoms with Crippen molar-refractivity contribution in [3.63, 3.8) is 0 Å². The van der Waals surface area contributed by atoms with Crippen LogP contribution in [0.3, 0.4) is 0 Å². The van der Waals surface area contributed by atoms with Crippen LogP contribution in [0.15, 0.2) is 0 Å². The fourth-order valence-electron chi connectivity index (χ4n) is 1.75. The molecule has 0 bridgehead atoms. The molecule has 0 aromatic carbocycles. The highest BCUT2D eigenvalue weighted by atomic mass is 16.2. The fourth-order valence-corrected chi connectivity index (χ4v) is 1.75. The molecule has 0 aromatic heterocycles. The van der Waals surface area contributed by atoms with Gasteiger partial charge in [0.15, 0.2) is 0 Å². The molecule has 1 heterocycles. The van der Waals surface area contributed by atoms with Crippen LogP contribution in [-0.2, 0) is 4.79 Å². The molecule has 1 aliphatic rings. The first-order chi connectivity index (χ1) is 7.38. The fraction of sp³-hybridized carbons (Fsp3) is 0.818. The summed E-state index contributed by atoms with van der Waals surface area (Å²) in [4.78, 5) is 24.8. The second kappa shape index (κ2) is 4.82. The zero-order chi connectivity index (χ0) is 12.3. The smallest absolute Gasteiger partial charge is 0.324 e. The lowest BCUT2D eigenvalue weighted by Crippen LogP contribution is -2.41. The molecule has 0 saturated carbocycles. The van der Waals surface area contributed by atoms with Crippen molar-refractivity contribution in [2.24, 2.45) is 5.92 Å². The molecule has 1 rings (SSSR count). The summed E-state index contributed by atoms with van der Waals surface area (Å²) in [5.41, 5.74) is -0.755. The van der Waals surface area contributed by atoms with Gasteiger partial charge in [0.25, 0.3) is 5.91 Å². The maximum Gasteiger partial charge on any atom is 0.325 e. The van der Waals surface area contributed by atoms with E-state index in [1.165, 1.54) is 4.90 Å². The molecular formula is C11H21N3O2. The highest BCUT2D eigenvalue weighted by molar-refractivity contribution is 6.06. The summed E-state index contributed by atoms with van der Waals surface area (Å²) in [6, 6.07) is -0.279. The van der Waals surface area contributed by atoms with E-state index < -0.39 is 5.54 Å². The Labute approximate surface area is 96.6 Å². The van der Waals surface area contributed by atoms with Gasteiger partial charge in [-0.1, -0.05) is 13.8 Å². The second-order valence-electron chi connectivity index (χ2n) is 4.88. The largest absolute Gasteiger partial charge is 0.325 e. The van der Waals surface area contributed by atoms with E-state index in [1.54, 1.807) is 13.8 Å². The van der Waals surface area contributed by atoms with Crippen molar-refractivity contribution in [3.8, 4) is 0 Å². The summed E-state index contributed by atoms with van der Waals surface area (Å²) in [6.07, 6.45) is 0. The van der Waals surface area contributed by atoms with Crippen LogP contribution >= 0.6 is 0 Å². The zero-order valence-corrected chi connectivity index (χ0v) is 10.5. The minimum Gasteiger partial charge on any atom is -0.324 e. The van der Waals surface area contributed by atoms with E-state index in [0.717, 1.165) is 13.1 Å². The SMILES string of the molecule is CCNCC(C)CN1C(=O)NC(C)(C)C1=O. The molecule has 92 valence electrons. The Morgan fingerprint density at radius 2 is 2.06 bits per heavy atom. The molecule has 16 heavy (non-hydrogen) atoms. The lowest BCUT2D eigenvalue weighted by Gasteiger charge is -2.19. The number of imide groups is 1. The van der Waals surface area contributed by atoms with Crippen LogP contribution in [0.4, 0.5) is 4.79 Å². The Balaban J connectivity index is 2.54. The van der Waals surface area contributed by atoms with Gasteiger partial charge >= 0.3 is 6.03 Å². The van der Waals surface area contributed by atoms with Crippen LogP contribution in [0.5, 0.6) is 0 Å². The van der Waals surface area contributed by atoms with Crippen LogP contribution in [0.2, 0.25) is 0 Å². The van der Waals surface area contributed by atoms with Gasteiger partial charge in [-0.15, -0.1) is 0 Å². The van der Waals surface area contributed by atoms with E-state index >= 15 is 0 Å². The van der Waals surface area contributed by atoms with Crippen LogP contribution in [0.1, 0.15) is 27.7 Å². The average Bonchev–Trinajstić information content (AvgIpc) is 2.38. The third-order valence-electron chi connectivity index (χ3n) is 2.68. The van der Waals surface area contributed by atoms with Gasteiger partial charge in [-0.05, 0) is 32.9 Å². The van der Waals surface area contributed by atoms with Crippen molar-refractivity contribution in [1.82, 2.24) is 15.5 Å². The minimum absolute atomic E-state index is 0.138. The minimum atomic E-state index is -0.755. The van der Waals surface area contributed by atoms with Crippen molar-refractivity contribution in [2.45, 2.75) is 33.2 Å². The summed E-state index contributed by atoms with van der Waals surface area (Å²) in [5.74, 6) is 0.129. The molecular weight excluding hydrogens is 206 g/mol. The molecule has 1 saturated heterocycles. The third kappa shape index (κ3) is 2.72. The molecule has 1 fully saturated rings. The van der Waals surface area contributed by atoms with Crippen LogP contribution in [0, 0.1) is 5.92 Å². The van der Waals surface area contributed by atoms with Gasteiger partial charge in [0, 0.05) is 6.54 Å². The molecule has 0 aromatic rings. The van der Waals surface area contributed by atoms with Gasteiger partial charge in [0.05, 0.1) is 0 Å². The van der Waals surface area contributed by atoms with Gasteiger partial charge in [0.2, 0.25) is 0 Å². The molecule has 5 nitrogen and oxygen atoms in total. The van der Waals surface area contributed by atoms with Crippen molar-refractivity contribution >= 4 is 11.9 Å². The average molecular weight is 227 g/mol. The maximum absolute atomic E-state index is 11.9. The van der Waals surface area contributed by atoms with Crippen molar-refractivity contribution in [2.75, 3.05) is 19.6 Å². The number of rotatable bonds is 5. The highest BCUT2D eigenvalue weighted by Gasteiger charge is 2.44. The number of carbonyl (C=O) groups excluding carboxylic acids is 2. The van der Waals surface area contributed by atoms with E-state index in [9.17, 15) is 9.59 Å². The van der Waals surface area contributed by atoms with Gasteiger partial charge in [0.1, 0.15) is 5.54 Å². The van der Waals surface area contributed by atoms with Gasteiger partial charge in [-0.2, -0.15) is 0 Å². The Hall–Kier alpha value is -1.10. The highest BCUT2D eigenvalue weighted by Crippen LogP contribution is 2.17. The number of carbonyl (C=O) groups is 2. The molecule has 1 unspecified atom stereocenters. The monoisotopic (exact) mass is 227 g/mol. The summed E-state index contributed by atoms with van der Waals surface area (Å²) in [5, 5.41) is 5.87.